The van der Waals surface area contributed by atoms with Gasteiger partial charge < -0.3 is 0 Å². The van der Waals surface area contributed by atoms with Gasteiger partial charge in [-0.15, -0.1) is 0 Å². The lowest BCUT2D eigenvalue weighted by Gasteiger charge is -2.04. The number of hydrogen-bond acceptors (Lipinski definition) is 1. The topological polar surface area (TPSA) is 17.8 Å². The van der Waals surface area contributed by atoms with Gasteiger partial charge in [0.15, 0.2) is 0 Å². The largest absolute Gasteiger partial charge is 0.240 e. The summed E-state index contributed by atoms with van der Waals surface area (Å²) < 4.78 is 1.96. The third-order valence-electron chi connectivity index (χ3n) is 4.42. The molecule has 2 nitrogen and oxygen atoms in total. The highest BCUT2D eigenvalue weighted by Gasteiger charge is 2.14. The predicted octanol–water partition coefficient (Wildman–Crippen LogP) is 5.82. The van der Waals surface area contributed by atoms with E-state index < -0.39 is 0 Å². The molecule has 0 aliphatic heterocycles. The van der Waals surface area contributed by atoms with E-state index in [2.05, 4.69) is 80.7 Å². The first-order valence-electron chi connectivity index (χ1n) is 8.50. The van der Waals surface area contributed by atoms with Crippen LogP contribution in [0.5, 0.6) is 0 Å². The van der Waals surface area contributed by atoms with Crippen LogP contribution in [0.15, 0.2) is 85.1 Å². The van der Waals surface area contributed by atoms with Crippen LogP contribution in [-0.2, 0) is 0 Å². The molecular weight excluding hydrogens is 304 g/mol. The maximum atomic E-state index is 4.90. The van der Waals surface area contributed by atoms with E-state index in [-0.39, 0.29) is 0 Å². The van der Waals surface area contributed by atoms with Crippen molar-refractivity contribution in [3.8, 4) is 28.1 Å². The lowest BCUT2D eigenvalue weighted by atomic mass is 10.0. The molecule has 0 fully saturated rings. The van der Waals surface area contributed by atoms with Gasteiger partial charge in [-0.1, -0.05) is 77.9 Å². The van der Waals surface area contributed by atoms with Crippen LogP contribution in [0.3, 0.4) is 0 Å². The molecule has 0 aliphatic carbocycles. The van der Waals surface area contributed by atoms with Gasteiger partial charge in [0.2, 0.25) is 0 Å². The highest BCUT2D eigenvalue weighted by atomic mass is 15.3. The summed E-state index contributed by atoms with van der Waals surface area (Å²) >= 11 is 0. The average Bonchev–Trinajstić information content (AvgIpc) is 3.09. The fraction of sp³-hybridized carbons (Fsp3) is 0.0870. The van der Waals surface area contributed by atoms with Gasteiger partial charge in [-0.3, -0.25) is 0 Å². The fourth-order valence-corrected chi connectivity index (χ4v) is 2.96. The van der Waals surface area contributed by atoms with Crippen LogP contribution in [0.2, 0.25) is 0 Å². The summed E-state index contributed by atoms with van der Waals surface area (Å²) in [6.45, 7) is 4.21. The summed E-state index contributed by atoms with van der Waals surface area (Å²) in [4.78, 5) is 0. The highest BCUT2D eigenvalue weighted by molar-refractivity contribution is 5.81. The van der Waals surface area contributed by atoms with E-state index in [4.69, 9.17) is 5.10 Å². The van der Waals surface area contributed by atoms with Crippen molar-refractivity contribution >= 4 is 0 Å². The van der Waals surface area contributed by atoms with Crippen molar-refractivity contribution in [3.63, 3.8) is 0 Å². The molecule has 1 heterocycles. The van der Waals surface area contributed by atoms with Crippen molar-refractivity contribution in [3.05, 3.63) is 96.2 Å². The SMILES string of the molecule is Cc1ccc(-c2cn(-c3ccccc3)nc2-c2ccc(C)cc2)cc1. The number of rotatable bonds is 3. The van der Waals surface area contributed by atoms with E-state index in [0.29, 0.717) is 0 Å². The molecule has 0 radical (unpaired) electrons. The van der Waals surface area contributed by atoms with Crippen molar-refractivity contribution in [2.24, 2.45) is 0 Å². The smallest absolute Gasteiger partial charge is 0.101 e. The maximum Gasteiger partial charge on any atom is 0.101 e. The zero-order valence-corrected chi connectivity index (χ0v) is 14.5. The summed E-state index contributed by atoms with van der Waals surface area (Å²) in [5.41, 5.74) is 8.05. The Morgan fingerprint density at radius 2 is 1.20 bits per heavy atom. The Balaban J connectivity index is 1.89. The Morgan fingerprint density at radius 1 is 0.640 bits per heavy atom. The van der Waals surface area contributed by atoms with E-state index in [1.807, 2.05) is 22.9 Å². The van der Waals surface area contributed by atoms with Crippen LogP contribution in [0, 0.1) is 13.8 Å². The average molecular weight is 324 g/mol. The van der Waals surface area contributed by atoms with E-state index in [9.17, 15) is 0 Å². The zero-order valence-electron chi connectivity index (χ0n) is 14.5. The molecule has 0 saturated heterocycles. The Labute approximate surface area is 148 Å². The van der Waals surface area contributed by atoms with Crippen LogP contribution in [0.4, 0.5) is 0 Å². The Hall–Kier alpha value is -3.13. The zero-order chi connectivity index (χ0) is 17.2. The van der Waals surface area contributed by atoms with Crippen molar-refractivity contribution in [2.45, 2.75) is 13.8 Å². The van der Waals surface area contributed by atoms with Gasteiger partial charge in [0.25, 0.3) is 0 Å². The molecule has 0 aliphatic rings. The van der Waals surface area contributed by atoms with Crippen LogP contribution in [-0.4, -0.2) is 9.78 Å². The molecule has 0 amide bonds. The number of hydrogen-bond donors (Lipinski definition) is 0. The Bertz CT molecular complexity index is 916. The summed E-state index contributed by atoms with van der Waals surface area (Å²) in [6, 6.07) is 27.4. The molecule has 25 heavy (non-hydrogen) atoms. The van der Waals surface area contributed by atoms with Crippen molar-refractivity contribution in [1.29, 1.82) is 0 Å². The van der Waals surface area contributed by atoms with Gasteiger partial charge in [-0.25, -0.2) is 4.68 Å². The lowest BCUT2D eigenvalue weighted by Crippen LogP contribution is -1.93. The van der Waals surface area contributed by atoms with Gasteiger partial charge in [-0.05, 0) is 31.5 Å². The Kier molecular flexibility index (Phi) is 3.95. The van der Waals surface area contributed by atoms with Crippen LogP contribution in [0.25, 0.3) is 28.1 Å². The summed E-state index contributed by atoms with van der Waals surface area (Å²) in [5, 5.41) is 4.90. The summed E-state index contributed by atoms with van der Waals surface area (Å²) in [5.74, 6) is 0. The minimum absolute atomic E-state index is 1.01. The van der Waals surface area contributed by atoms with E-state index >= 15 is 0 Å². The molecule has 4 rings (SSSR count). The van der Waals surface area contributed by atoms with E-state index in [1.54, 1.807) is 0 Å². The molecule has 0 saturated carbocycles. The second-order valence-corrected chi connectivity index (χ2v) is 6.40. The van der Waals surface area contributed by atoms with Crippen molar-refractivity contribution in [1.82, 2.24) is 9.78 Å². The lowest BCUT2D eigenvalue weighted by molar-refractivity contribution is 0.884. The first-order valence-corrected chi connectivity index (χ1v) is 8.50. The van der Waals surface area contributed by atoms with Gasteiger partial charge in [0.05, 0.1) is 5.69 Å². The van der Waals surface area contributed by atoms with Crippen LogP contribution >= 0.6 is 0 Å². The molecular formula is C23H20N2. The molecule has 0 N–H and O–H groups in total. The molecule has 4 aromatic rings. The van der Waals surface area contributed by atoms with Crippen molar-refractivity contribution in [2.75, 3.05) is 0 Å². The highest BCUT2D eigenvalue weighted by Crippen LogP contribution is 2.32. The first kappa shape index (κ1) is 15.4. The van der Waals surface area contributed by atoms with Gasteiger partial charge in [-0.2, -0.15) is 5.10 Å². The number of aryl methyl sites for hydroxylation is 2. The third kappa shape index (κ3) is 3.11. The monoisotopic (exact) mass is 324 g/mol. The molecule has 1 aromatic heterocycles. The molecule has 0 atom stereocenters. The quantitative estimate of drug-likeness (QED) is 0.464. The number of benzene rings is 3. The molecule has 0 unspecified atom stereocenters. The van der Waals surface area contributed by atoms with Crippen molar-refractivity contribution < 1.29 is 0 Å². The second kappa shape index (κ2) is 6.40. The molecule has 3 aromatic carbocycles. The number of aromatic nitrogens is 2. The predicted molar refractivity (Wildman–Crippen MR) is 104 cm³/mol. The van der Waals surface area contributed by atoms with Gasteiger partial charge in [0.1, 0.15) is 5.69 Å². The normalized spacial score (nSPS) is 10.8. The third-order valence-corrected chi connectivity index (χ3v) is 4.42. The van der Waals surface area contributed by atoms with E-state index in [0.717, 1.165) is 22.5 Å². The van der Waals surface area contributed by atoms with Crippen LogP contribution in [0.1, 0.15) is 11.1 Å². The van der Waals surface area contributed by atoms with Crippen LogP contribution < -0.4 is 0 Å². The summed E-state index contributed by atoms with van der Waals surface area (Å²) in [6.07, 6.45) is 2.12. The molecule has 0 spiro atoms. The Morgan fingerprint density at radius 3 is 1.80 bits per heavy atom. The first-order chi connectivity index (χ1) is 12.2. The molecule has 122 valence electrons. The number of nitrogens with zero attached hydrogens (tertiary/aromatic N) is 2. The standard InChI is InChI=1S/C23H20N2/c1-17-8-12-19(13-9-17)22-16-25(21-6-4-3-5-7-21)24-23(22)20-14-10-18(2)11-15-20/h3-16H,1-2H3. The molecule has 0 bridgehead atoms. The number of para-hydroxylation sites is 1. The second-order valence-electron chi connectivity index (χ2n) is 6.40. The molecule has 2 heteroatoms. The fourth-order valence-electron chi connectivity index (χ4n) is 2.96. The van der Waals surface area contributed by atoms with Gasteiger partial charge >= 0.3 is 0 Å². The minimum Gasteiger partial charge on any atom is -0.240 e. The van der Waals surface area contributed by atoms with E-state index in [1.165, 1.54) is 16.7 Å². The van der Waals surface area contributed by atoms with Gasteiger partial charge in [0, 0.05) is 17.3 Å². The minimum atomic E-state index is 1.01. The summed E-state index contributed by atoms with van der Waals surface area (Å²) in [7, 11) is 0. The maximum absolute atomic E-state index is 4.90.